The Bertz CT molecular complexity index is 1090. The van der Waals surface area contributed by atoms with Crippen LogP contribution in [0.2, 0.25) is 0 Å². The molecule has 1 saturated heterocycles. The average Bonchev–Trinajstić information content (AvgIpc) is 3.30. The lowest BCUT2D eigenvalue weighted by molar-refractivity contribution is -0.127. The van der Waals surface area contributed by atoms with E-state index in [0.29, 0.717) is 18.7 Å². The van der Waals surface area contributed by atoms with Crippen LogP contribution in [0.15, 0.2) is 63.4 Å². The second-order valence-corrected chi connectivity index (χ2v) is 8.72. The number of thiazole rings is 1. The minimum atomic E-state index is -0.334. The lowest BCUT2D eigenvalue weighted by atomic mass is 10.2. The minimum absolute atomic E-state index is 0.240. The van der Waals surface area contributed by atoms with Crippen LogP contribution in [0.5, 0.6) is 0 Å². The highest BCUT2D eigenvalue weighted by atomic mass is 79.9. The van der Waals surface area contributed by atoms with Gasteiger partial charge in [-0.3, -0.25) is 4.79 Å². The van der Waals surface area contributed by atoms with Crippen LogP contribution in [0.4, 0.5) is 10.1 Å². The van der Waals surface area contributed by atoms with Crippen molar-refractivity contribution < 1.29 is 9.18 Å². The van der Waals surface area contributed by atoms with Gasteiger partial charge in [-0.15, -0.1) is 11.3 Å². The van der Waals surface area contributed by atoms with Crippen molar-refractivity contribution in [2.75, 3.05) is 13.1 Å². The maximum absolute atomic E-state index is 14.1. The van der Waals surface area contributed by atoms with Crippen molar-refractivity contribution in [3.8, 4) is 11.3 Å². The van der Waals surface area contributed by atoms with Gasteiger partial charge in [0, 0.05) is 41.5 Å². The number of aromatic nitrogens is 1. The molecule has 0 unspecified atom stereocenters. The summed E-state index contributed by atoms with van der Waals surface area (Å²) in [5.74, 6) is -0.0945. The molecule has 1 amide bonds. The fourth-order valence-electron chi connectivity index (χ4n) is 3.52. The topological polar surface area (TPSA) is 37.6 Å². The van der Waals surface area contributed by atoms with Crippen LogP contribution in [0.1, 0.15) is 19.3 Å². The summed E-state index contributed by atoms with van der Waals surface area (Å²) in [7, 11) is 0. The Morgan fingerprint density at radius 2 is 2.00 bits per heavy atom. The normalized spacial score (nSPS) is 14.8. The van der Waals surface area contributed by atoms with Crippen molar-refractivity contribution in [3.63, 3.8) is 0 Å². The molecule has 2 aromatic carbocycles. The first-order valence-electron chi connectivity index (χ1n) is 9.63. The predicted octanol–water partition coefficient (Wildman–Crippen LogP) is 5.36. The number of hydrogen-bond donors (Lipinski definition) is 0. The Labute approximate surface area is 181 Å². The molecule has 0 spiro atoms. The Morgan fingerprint density at radius 3 is 2.76 bits per heavy atom. The third-order valence-electron chi connectivity index (χ3n) is 4.97. The van der Waals surface area contributed by atoms with E-state index in [1.165, 1.54) is 17.4 Å². The number of nitrogens with zero attached hydrogens (tertiary/aromatic N) is 3. The first kappa shape index (κ1) is 20.0. The summed E-state index contributed by atoms with van der Waals surface area (Å²) >= 11 is 5.03. The number of hydrogen-bond acceptors (Lipinski definition) is 3. The van der Waals surface area contributed by atoms with Crippen molar-refractivity contribution in [1.82, 2.24) is 9.47 Å². The van der Waals surface area contributed by atoms with Crippen molar-refractivity contribution in [1.29, 1.82) is 0 Å². The minimum Gasteiger partial charge on any atom is -0.343 e. The Morgan fingerprint density at radius 1 is 1.14 bits per heavy atom. The van der Waals surface area contributed by atoms with Gasteiger partial charge in [-0.1, -0.05) is 40.2 Å². The molecule has 2 heterocycles. The molecule has 0 atom stereocenters. The molecule has 3 aromatic rings. The molecule has 1 aromatic heterocycles. The molecule has 4 rings (SSSR count). The van der Waals surface area contributed by atoms with E-state index < -0.39 is 0 Å². The zero-order valence-corrected chi connectivity index (χ0v) is 18.3. The van der Waals surface area contributed by atoms with Gasteiger partial charge < -0.3 is 9.47 Å². The number of rotatable bonds is 6. The first-order valence-corrected chi connectivity index (χ1v) is 11.3. The Balaban J connectivity index is 1.68. The Kier molecular flexibility index (Phi) is 6.25. The largest absolute Gasteiger partial charge is 0.343 e. The molecule has 1 aliphatic rings. The second-order valence-electron chi connectivity index (χ2n) is 6.97. The SMILES string of the molecule is O=C1CCCN1CCCn1c(-c2cccc(Br)c2)csc1=Nc1ccccc1F. The average molecular weight is 474 g/mol. The molecular formula is C22H21BrFN3OS. The van der Waals surface area contributed by atoms with E-state index in [1.807, 2.05) is 17.0 Å². The highest BCUT2D eigenvalue weighted by Gasteiger charge is 2.19. The van der Waals surface area contributed by atoms with Crippen molar-refractivity contribution in [2.45, 2.75) is 25.8 Å². The van der Waals surface area contributed by atoms with Crippen LogP contribution < -0.4 is 4.80 Å². The number of likely N-dealkylation sites (tertiary alicyclic amines) is 1. The van der Waals surface area contributed by atoms with Gasteiger partial charge >= 0.3 is 0 Å². The number of amides is 1. The van der Waals surface area contributed by atoms with Gasteiger partial charge in [-0.2, -0.15) is 0 Å². The predicted molar refractivity (Wildman–Crippen MR) is 117 cm³/mol. The molecule has 29 heavy (non-hydrogen) atoms. The van der Waals surface area contributed by atoms with Crippen LogP contribution in [-0.4, -0.2) is 28.5 Å². The van der Waals surface area contributed by atoms with Gasteiger partial charge in [-0.25, -0.2) is 9.38 Å². The number of halogens is 2. The molecule has 1 fully saturated rings. The lowest BCUT2D eigenvalue weighted by Gasteiger charge is -2.16. The third-order valence-corrected chi connectivity index (χ3v) is 6.32. The van der Waals surface area contributed by atoms with Crippen LogP contribution in [0.3, 0.4) is 0 Å². The van der Waals surface area contributed by atoms with Gasteiger partial charge in [0.1, 0.15) is 11.5 Å². The highest BCUT2D eigenvalue weighted by Crippen LogP contribution is 2.25. The van der Waals surface area contributed by atoms with Crippen LogP contribution >= 0.6 is 27.3 Å². The molecule has 0 aliphatic carbocycles. The van der Waals surface area contributed by atoms with E-state index >= 15 is 0 Å². The van der Waals surface area contributed by atoms with E-state index in [2.05, 4.69) is 43.0 Å². The fraction of sp³-hybridized carbons (Fsp3) is 0.273. The van der Waals surface area contributed by atoms with Crippen LogP contribution in [0, 0.1) is 5.82 Å². The van der Waals surface area contributed by atoms with Crippen LogP contribution in [-0.2, 0) is 11.3 Å². The molecule has 0 N–H and O–H groups in total. The molecule has 1 aliphatic heterocycles. The summed E-state index contributed by atoms with van der Waals surface area (Å²) in [6.07, 6.45) is 2.43. The van der Waals surface area contributed by atoms with Crippen molar-refractivity contribution >= 4 is 38.9 Å². The molecule has 4 nitrogen and oxygen atoms in total. The molecule has 0 saturated carbocycles. The van der Waals surface area contributed by atoms with Gasteiger partial charge in [-0.05, 0) is 37.1 Å². The first-order chi connectivity index (χ1) is 14.1. The molecule has 7 heteroatoms. The summed E-state index contributed by atoms with van der Waals surface area (Å²) in [5, 5.41) is 2.06. The molecule has 0 bridgehead atoms. The van der Waals surface area contributed by atoms with E-state index in [4.69, 9.17) is 0 Å². The Hall–Kier alpha value is -2.25. The van der Waals surface area contributed by atoms with Gasteiger partial charge in [0.25, 0.3) is 0 Å². The quantitative estimate of drug-likeness (QED) is 0.474. The number of carbonyl (C=O) groups excluding carboxylic acids is 1. The highest BCUT2D eigenvalue weighted by molar-refractivity contribution is 9.10. The smallest absolute Gasteiger partial charge is 0.222 e. The van der Waals surface area contributed by atoms with E-state index in [1.54, 1.807) is 18.2 Å². The van der Waals surface area contributed by atoms with E-state index in [0.717, 1.165) is 46.5 Å². The summed E-state index contributed by atoms with van der Waals surface area (Å²) in [6.45, 7) is 2.29. The zero-order chi connectivity index (χ0) is 20.2. The van der Waals surface area contributed by atoms with Gasteiger partial charge in [0.05, 0.1) is 5.69 Å². The monoisotopic (exact) mass is 473 g/mol. The maximum Gasteiger partial charge on any atom is 0.222 e. The van der Waals surface area contributed by atoms with Crippen molar-refractivity contribution in [2.24, 2.45) is 4.99 Å². The maximum atomic E-state index is 14.1. The van der Waals surface area contributed by atoms with E-state index in [-0.39, 0.29) is 11.7 Å². The van der Waals surface area contributed by atoms with Gasteiger partial charge in [0.2, 0.25) is 5.91 Å². The number of para-hydroxylation sites is 1. The number of carbonyl (C=O) groups is 1. The summed E-state index contributed by atoms with van der Waals surface area (Å²) < 4.78 is 17.3. The summed E-state index contributed by atoms with van der Waals surface area (Å²) in [5.41, 5.74) is 2.45. The molecule has 150 valence electrons. The lowest BCUT2D eigenvalue weighted by Crippen LogP contribution is -2.27. The second kappa shape index (κ2) is 9.05. The third kappa shape index (κ3) is 4.67. The zero-order valence-electron chi connectivity index (χ0n) is 15.9. The molecule has 0 radical (unpaired) electrons. The van der Waals surface area contributed by atoms with E-state index in [9.17, 15) is 9.18 Å². The molecular weight excluding hydrogens is 453 g/mol. The number of benzene rings is 2. The van der Waals surface area contributed by atoms with Gasteiger partial charge in [0.15, 0.2) is 4.80 Å². The van der Waals surface area contributed by atoms with Crippen molar-refractivity contribution in [3.05, 3.63) is 69.0 Å². The standard InChI is InChI=1S/C22H21BrFN3OS/c23-17-7-3-6-16(14-17)20-15-29-22(25-19-9-2-1-8-18(19)24)27(20)13-5-12-26-11-4-10-21(26)28/h1-3,6-9,14-15H,4-5,10-13H2. The van der Waals surface area contributed by atoms with Crippen LogP contribution in [0.25, 0.3) is 11.3 Å². The summed E-state index contributed by atoms with van der Waals surface area (Å²) in [6, 6.07) is 14.7. The fourth-order valence-corrected chi connectivity index (χ4v) is 4.87. The summed E-state index contributed by atoms with van der Waals surface area (Å²) in [4.78, 5) is 19.2.